The van der Waals surface area contributed by atoms with Crippen LogP contribution in [0.1, 0.15) is 29.3 Å². The van der Waals surface area contributed by atoms with Crippen molar-refractivity contribution in [3.63, 3.8) is 0 Å². The van der Waals surface area contributed by atoms with E-state index < -0.39 is 6.10 Å². The number of ether oxygens (including phenoxy) is 2. The summed E-state index contributed by atoms with van der Waals surface area (Å²) in [6.45, 7) is 1.76. The lowest BCUT2D eigenvalue weighted by Gasteiger charge is -2.23. The summed E-state index contributed by atoms with van der Waals surface area (Å²) in [6.07, 6.45) is -0.500. The Morgan fingerprint density at radius 2 is 1.86 bits per heavy atom. The van der Waals surface area contributed by atoms with Crippen LogP contribution in [0.3, 0.4) is 0 Å². The van der Waals surface area contributed by atoms with Crippen molar-refractivity contribution in [2.75, 3.05) is 17.7 Å². The number of benzene rings is 2. The van der Waals surface area contributed by atoms with E-state index in [1.165, 1.54) is 6.92 Å². The molecule has 0 bridgehead atoms. The quantitative estimate of drug-likeness (QED) is 0.485. The van der Waals surface area contributed by atoms with E-state index in [2.05, 4.69) is 15.5 Å². The second-order valence-corrected chi connectivity index (χ2v) is 7.17. The highest BCUT2D eigenvalue weighted by Gasteiger charge is 2.27. The number of anilines is 1. The first-order valence-corrected chi connectivity index (χ1v) is 9.82. The van der Waals surface area contributed by atoms with Crippen LogP contribution < -0.4 is 14.8 Å². The molecular weight excluding hydrogens is 394 g/mol. The molecule has 4 rings (SSSR count). The number of Topliss-reactive ketones (excluding diaryl/α,β-unsaturated/α-hetero) is 1. The molecule has 9 heteroatoms. The fourth-order valence-electron chi connectivity index (χ4n) is 2.66. The Labute approximate surface area is 170 Å². The predicted molar refractivity (Wildman–Crippen MR) is 105 cm³/mol. The van der Waals surface area contributed by atoms with Gasteiger partial charge in [-0.25, -0.2) is 0 Å². The molecule has 148 valence electrons. The normalized spacial score (nSPS) is 15.0. The average Bonchev–Trinajstić information content (AvgIpc) is 3.21. The number of rotatable bonds is 6. The summed E-state index contributed by atoms with van der Waals surface area (Å²) >= 11 is 1.12. The molecule has 1 N–H and O–H groups in total. The highest BCUT2D eigenvalue weighted by Crippen LogP contribution is 2.35. The monoisotopic (exact) mass is 411 g/mol. The van der Waals surface area contributed by atoms with E-state index >= 15 is 0 Å². The number of carbonyl (C=O) groups is 2. The predicted octanol–water partition coefficient (Wildman–Crippen LogP) is 3.52. The first-order valence-electron chi connectivity index (χ1n) is 8.84. The molecule has 1 aromatic heterocycles. The molecule has 2 aromatic carbocycles. The topological polar surface area (TPSA) is 104 Å². The SMILES string of the molecule is CC(=O)c1ccc(NC(=O)CSc2nnc(C3COc4ccccc4O3)o2)cc1. The molecule has 0 saturated heterocycles. The molecule has 1 aliphatic heterocycles. The number of hydrogen-bond acceptors (Lipinski definition) is 8. The van der Waals surface area contributed by atoms with Crippen LogP contribution in [0.25, 0.3) is 0 Å². The Balaban J connectivity index is 1.30. The highest BCUT2D eigenvalue weighted by molar-refractivity contribution is 7.99. The maximum atomic E-state index is 12.1. The van der Waals surface area contributed by atoms with Crippen molar-refractivity contribution < 1.29 is 23.5 Å². The van der Waals surface area contributed by atoms with E-state index in [1.807, 2.05) is 18.2 Å². The number of nitrogens with one attached hydrogen (secondary N) is 1. The zero-order valence-corrected chi connectivity index (χ0v) is 16.3. The minimum absolute atomic E-state index is 0.0264. The van der Waals surface area contributed by atoms with Gasteiger partial charge in [-0.3, -0.25) is 9.59 Å². The molecule has 0 radical (unpaired) electrons. The second-order valence-electron chi connectivity index (χ2n) is 6.24. The van der Waals surface area contributed by atoms with E-state index in [0.717, 1.165) is 11.8 Å². The zero-order chi connectivity index (χ0) is 20.2. The molecule has 1 unspecified atom stereocenters. The lowest BCUT2D eigenvalue weighted by atomic mass is 10.1. The highest BCUT2D eigenvalue weighted by atomic mass is 32.2. The van der Waals surface area contributed by atoms with Crippen LogP contribution >= 0.6 is 11.8 Å². The number of thioether (sulfide) groups is 1. The summed E-state index contributed by atoms with van der Waals surface area (Å²) in [7, 11) is 0. The third-order valence-electron chi connectivity index (χ3n) is 4.11. The van der Waals surface area contributed by atoms with Gasteiger partial charge in [0, 0.05) is 11.3 Å². The maximum absolute atomic E-state index is 12.1. The summed E-state index contributed by atoms with van der Waals surface area (Å²) in [5.41, 5.74) is 1.20. The molecule has 0 aliphatic carbocycles. The first kappa shape index (κ1) is 19.0. The van der Waals surface area contributed by atoms with Gasteiger partial charge in [-0.1, -0.05) is 23.9 Å². The Kier molecular flexibility index (Phi) is 5.48. The lowest BCUT2D eigenvalue weighted by Crippen LogP contribution is -2.21. The molecule has 0 spiro atoms. The number of hydrogen-bond donors (Lipinski definition) is 1. The zero-order valence-electron chi connectivity index (χ0n) is 15.5. The van der Waals surface area contributed by atoms with E-state index in [0.29, 0.717) is 28.6 Å². The summed E-state index contributed by atoms with van der Waals surface area (Å²) in [6, 6.07) is 14.1. The van der Waals surface area contributed by atoms with Crippen LogP contribution in [0.4, 0.5) is 5.69 Å². The third kappa shape index (κ3) is 4.57. The van der Waals surface area contributed by atoms with Gasteiger partial charge in [0.05, 0.1) is 5.75 Å². The van der Waals surface area contributed by atoms with Crippen molar-refractivity contribution in [3.05, 3.63) is 60.0 Å². The van der Waals surface area contributed by atoms with Crippen LogP contribution in [-0.2, 0) is 4.79 Å². The van der Waals surface area contributed by atoms with Gasteiger partial charge >= 0.3 is 0 Å². The van der Waals surface area contributed by atoms with Gasteiger partial charge in [0.1, 0.15) is 6.61 Å². The van der Waals surface area contributed by atoms with Crippen molar-refractivity contribution in [3.8, 4) is 11.5 Å². The number of fused-ring (bicyclic) bond motifs is 1. The van der Waals surface area contributed by atoms with Crippen LogP contribution in [-0.4, -0.2) is 34.2 Å². The van der Waals surface area contributed by atoms with Gasteiger partial charge < -0.3 is 19.2 Å². The summed E-state index contributed by atoms with van der Waals surface area (Å²) in [5.74, 6) is 1.43. The summed E-state index contributed by atoms with van der Waals surface area (Å²) < 4.78 is 17.1. The molecule has 2 heterocycles. The minimum Gasteiger partial charge on any atom is -0.485 e. The number of amides is 1. The van der Waals surface area contributed by atoms with Crippen molar-refractivity contribution in [2.24, 2.45) is 0 Å². The smallest absolute Gasteiger partial charge is 0.277 e. The number of ketones is 1. The van der Waals surface area contributed by atoms with Gasteiger partial charge in [-0.2, -0.15) is 0 Å². The van der Waals surface area contributed by atoms with E-state index in [-0.39, 0.29) is 29.3 Å². The van der Waals surface area contributed by atoms with E-state index in [4.69, 9.17) is 13.9 Å². The number of nitrogens with zero attached hydrogens (tertiary/aromatic N) is 2. The van der Waals surface area contributed by atoms with Gasteiger partial charge in [0.15, 0.2) is 17.3 Å². The lowest BCUT2D eigenvalue weighted by molar-refractivity contribution is -0.113. The Hall–Kier alpha value is -3.33. The van der Waals surface area contributed by atoms with Gasteiger partial charge in [-0.15, -0.1) is 10.2 Å². The summed E-state index contributed by atoms with van der Waals surface area (Å²) in [5, 5.41) is 11.0. The number of para-hydroxylation sites is 2. The van der Waals surface area contributed by atoms with Crippen LogP contribution in [0.5, 0.6) is 11.5 Å². The van der Waals surface area contributed by atoms with Gasteiger partial charge in [0.25, 0.3) is 11.1 Å². The molecule has 0 fully saturated rings. The molecule has 1 atom stereocenters. The third-order valence-corrected chi connectivity index (χ3v) is 4.93. The van der Waals surface area contributed by atoms with Crippen LogP contribution in [0.2, 0.25) is 0 Å². The largest absolute Gasteiger partial charge is 0.485 e. The minimum atomic E-state index is -0.500. The Morgan fingerprint density at radius 3 is 2.62 bits per heavy atom. The molecule has 1 amide bonds. The standard InChI is InChI=1S/C20H17N3O5S/c1-12(24)13-6-8-14(9-7-13)21-18(25)11-29-20-23-22-19(28-20)17-10-26-15-4-2-3-5-16(15)27-17/h2-9,17H,10-11H2,1H3,(H,21,25). The first-order chi connectivity index (χ1) is 14.1. The number of carbonyl (C=O) groups excluding carboxylic acids is 2. The van der Waals surface area contributed by atoms with Crippen molar-refractivity contribution in [1.29, 1.82) is 0 Å². The molecule has 8 nitrogen and oxygen atoms in total. The second kappa shape index (κ2) is 8.36. The Morgan fingerprint density at radius 1 is 1.10 bits per heavy atom. The molecule has 0 saturated carbocycles. The maximum Gasteiger partial charge on any atom is 0.277 e. The molecular formula is C20H17N3O5S. The fourth-order valence-corrected chi connectivity index (χ4v) is 3.23. The summed E-state index contributed by atoms with van der Waals surface area (Å²) in [4.78, 5) is 23.4. The Bertz CT molecular complexity index is 1030. The van der Waals surface area contributed by atoms with Crippen molar-refractivity contribution >= 4 is 29.1 Å². The van der Waals surface area contributed by atoms with Gasteiger partial charge in [-0.05, 0) is 43.3 Å². The van der Waals surface area contributed by atoms with E-state index in [1.54, 1.807) is 30.3 Å². The fraction of sp³-hybridized carbons (Fsp3) is 0.200. The van der Waals surface area contributed by atoms with Crippen molar-refractivity contribution in [2.45, 2.75) is 18.3 Å². The van der Waals surface area contributed by atoms with Crippen LogP contribution in [0.15, 0.2) is 58.2 Å². The molecule has 3 aromatic rings. The average molecular weight is 411 g/mol. The van der Waals surface area contributed by atoms with Crippen molar-refractivity contribution in [1.82, 2.24) is 10.2 Å². The van der Waals surface area contributed by atoms with Gasteiger partial charge in [0.2, 0.25) is 12.0 Å². The van der Waals surface area contributed by atoms with E-state index in [9.17, 15) is 9.59 Å². The number of aromatic nitrogens is 2. The van der Waals surface area contributed by atoms with Crippen LogP contribution in [0, 0.1) is 0 Å². The molecule has 29 heavy (non-hydrogen) atoms. The molecule has 1 aliphatic rings.